The first-order valence-electron chi connectivity index (χ1n) is 8.57. The van der Waals surface area contributed by atoms with E-state index in [9.17, 15) is 29.5 Å². The number of carbonyl (C=O) groups is 4. The third kappa shape index (κ3) is 4.13. The molecule has 2 amide bonds. The van der Waals surface area contributed by atoms with Crippen LogP contribution in [0.5, 0.6) is 0 Å². The van der Waals surface area contributed by atoms with Crippen molar-refractivity contribution in [3.63, 3.8) is 0 Å². The van der Waals surface area contributed by atoms with Crippen molar-refractivity contribution < 1.29 is 39.1 Å². The minimum Gasteiger partial charge on any atom is -0.477 e. The average molecular weight is 471 g/mol. The predicted octanol–water partition coefficient (Wildman–Crippen LogP) is -1.08. The Labute approximate surface area is 182 Å². The molecule has 2 aliphatic heterocycles. The molecule has 15 heteroatoms. The molecule has 2 aliphatic rings. The molecule has 1 aromatic heterocycles. The summed E-state index contributed by atoms with van der Waals surface area (Å²) in [5.41, 5.74) is -0.483. The molecule has 2 atom stereocenters. The van der Waals surface area contributed by atoms with Gasteiger partial charge < -0.3 is 25.2 Å². The lowest BCUT2D eigenvalue weighted by Gasteiger charge is -2.49. The van der Waals surface area contributed by atoms with Gasteiger partial charge in [-0.25, -0.2) is 4.79 Å². The van der Waals surface area contributed by atoms with Crippen molar-refractivity contribution >= 4 is 52.6 Å². The summed E-state index contributed by atoms with van der Waals surface area (Å²) in [4.78, 5) is 53.5. The zero-order valence-electron chi connectivity index (χ0n) is 16.1. The molecule has 0 aromatic carbocycles. The highest BCUT2D eigenvalue weighted by Gasteiger charge is 2.54. The molecule has 0 unspecified atom stereocenters. The summed E-state index contributed by atoms with van der Waals surface area (Å²) in [7, 11) is 1.19. The molecule has 166 valence electrons. The fourth-order valence-electron chi connectivity index (χ4n) is 2.97. The van der Waals surface area contributed by atoms with Crippen molar-refractivity contribution in [3.8, 4) is 0 Å². The van der Waals surface area contributed by atoms with Crippen molar-refractivity contribution in [2.75, 3.05) is 19.5 Å². The van der Waals surface area contributed by atoms with Crippen LogP contribution in [0.15, 0.2) is 21.8 Å². The topological polar surface area (TPSA) is 184 Å². The number of ether oxygens (including phenoxy) is 1. The van der Waals surface area contributed by atoms with Crippen LogP contribution in [-0.2, 0) is 28.8 Å². The fourth-order valence-corrected chi connectivity index (χ4v) is 4.93. The summed E-state index contributed by atoms with van der Waals surface area (Å²) in [5.74, 6) is -3.27. The molecule has 3 heterocycles. The van der Waals surface area contributed by atoms with Crippen molar-refractivity contribution in [2.24, 2.45) is 5.16 Å². The Bertz CT molecular complexity index is 1070. The van der Waals surface area contributed by atoms with Gasteiger partial charge in [-0.15, -0.1) is 23.1 Å². The third-order valence-corrected chi connectivity index (χ3v) is 6.41. The van der Waals surface area contributed by atoms with Gasteiger partial charge in [0.15, 0.2) is 5.71 Å². The van der Waals surface area contributed by atoms with Gasteiger partial charge in [0.05, 0.1) is 0 Å². The molecule has 0 saturated carbocycles. The van der Waals surface area contributed by atoms with Gasteiger partial charge in [0.25, 0.3) is 11.8 Å². The van der Waals surface area contributed by atoms with Crippen LogP contribution in [0.3, 0.4) is 0 Å². The molecular weight excluding hydrogens is 454 g/mol. The maximum atomic E-state index is 12.7. The Morgan fingerprint density at radius 2 is 2.13 bits per heavy atom. The summed E-state index contributed by atoms with van der Waals surface area (Å²) >= 11 is 2.05. The summed E-state index contributed by atoms with van der Waals surface area (Å²) in [6.07, 6.45) is 0. The van der Waals surface area contributed by atoms with Gasteiger partial charge in [-0.2, -0.15) is 4.73 Å². The number of carboxylic acid groups (broad SMARTS) is 1. The molecule has 13 nitrogen and oxygen atoms in total. The summed E-state index contributed by atoms with van der Waals surface area (Å²) in [6.45, 7) is 0.929. The lowest BCUT2D eigenvalue weighted by atomic mass is 10.0. The van der Waals surface area contributed by atoms with Crippen LogP contribution in [-0.4, -0.2) is 80.3 Å². The second-order valence-corrected chi connectivity index (χ2v) is 8.22. The van der Waals surface area contributed by atoms with Crippen LogP contribution in [0.4, 0.5) is 0 Å². The second kappa shape index (κ2) is 8.81. The normalized spacial score (nSPS) is 20.6. The highest BCUT2D eigenvalue weighted by molar-refractivity contribution is 8.00. The lowest BCUT2D eigenvalue weighted by molar-refractivity contribution is -0.150. The molecule has 31 heavy (non-hydrogen) atoms. The Hall–Kier alpha value is -3.33. The summed E-state index contributed by atoms with van der Waals surface area (Å²) < 4.78 is 5.31. The van der Waals surface area contributed by atoms with Crippen LogP contribution < -0.4 is 10.1 Å². The van der Waals surface area contributed by atoms with E-state index in [1.54, 1.807) is 0 Å². The maximum absolute atomic E-state index is 12.7. The molecule has 3 rings (SSSR count). The number of nitrogens with zero attached hydrogens (tertiary/aromatic N) is 3. The molecule has 0 spiro atoms. The number of aliphatic carboxylic acids is 1. The number of nitrogens with one attached hydrogen (secondary N) is 2. The van der Waals surface area contributed by atoms with Crippen molar-refractivity contribution in [3.05, 3.63) is 27.1 Å². The number of rotatable bonds is 7. The first-order valence-corrected chi connectivity index (χ1v) is 10.5. The monoisotopic (exact) mass is 471 g/mol. The predicted molar refractivity (Wildman–Crippen MR) is 105 cm³/mol. The first-order chi connectivity index (χ1) is 14.7. The van der Waals surface area contributed by atoms with Crippen molar-refractivity contribution in [1.29, 1.82) is 5.41 Å². The molecule has 0 aliphatic carbocycles. The van der Waals surface area contributed by atoms with E-state index in [0.717, 1.165) is 16.2 Å². The largest absolute Gasteiger partial charge is 0.477 e. The van der Waals surface area contributed by atoms with Gasteiger partial charge in [0.1, 0.15) is 36.5 Å². The molecule has 0 radical (unpaired) electrons. The molecule has 1 fully saturated rings. The first kappa shape index (κ1) is 22.4. The number of esters is 1. The zero-order chi connectivity index (χ0) is 22.9. The Kier molecular flexibility index (Phi) is 6.35. The van der Waals surface area contributed by atoms with Crippen LogP contribution in [0.2, 0.25) is 0 Å². The number of carbonyl (C=O) groups excluding carboxylic acids is 3. The summed E-state index contributed by atoms with van der Waals surface area (Å²) in [6, 6.07) is -1.05. The number of thioether (sulfide) groups is 1. The van der Waals surface area contributed by atoms with E-state index in [1.165, 1.54) is 31.2 Å². The summed E-state index contributed by atoms with van der Waals surface area (Å²) in [5, 5.41) is 33.6. The number of hydrogen-bond acceptors (Lipinski definition) is 11. The van der Waals surface area contributed by atoms with Crippen molar-refractivity contribution in [2.45, 2.75) is 18.3 Å². The number of oxime groups is 1. The fraction of sp³-hybridized carbons (Fsp3) is 0.375. The van der Waals surface area contributed by atoms with E-state index in [2.05, 4.69) is 15.3 Å². The smallest absolute Gasteiger partial charge is 0.352 e. The average Bonchev–Trinajstić information content (AvgIpc) is 3.05. The van der Waals surface area contributed by atoms with Crippen LogP contribution in [0, 0.1) is 5.41 Å². The Balaban J connectivity index is 1.80. The lowest BCUT2D eigenvalue weighted by Crippen LogP contribution is -2.71. The maximum Gasteiger partial charge on any atom is 0.352 e. The van der Waals surface area contributed by atoms with Gasteiger partial charge in [0.2, 0.25) is 4.80 Å². The van der Waals surface area contributed by atoms with E-state index in [1.807, 2.05) is 0 Å². The molecule has 0 bridgehead atoms. The van der Waals surface area contributed by atoms with E-state index in [4.69, 9.17) is 10.1 Å². The van der Waals surface area contributed by atoms with Gasteiger partial charge in [-0.3, -0.25) is 24.7 Å². The Morgan fingerprint density at radius 1 is 1.42 bits per heavy atom. The number of hydrogen-bond donors (Lipinski definition) is 4. The van der Waals surface area contributed by atoms with Crippen molar-refractivity contribution in [1.82, 2.24) is 14.9 Å². The van der Waals surface area contributed by atoms with Crippen LogP contribution in [0.1, 0.15) is 12.6 Å². The van der Waals surface area contributed by atoms with Gasteiger partial charge in [-0.05, 0) is 0 Å². The molecular formula is C16H17N5O8S2. The van der Waals surface area contributed by atoms with Gasteiger partial charge >= 0.3 is 11.9 Å². The minimum absolute atomic E-state index is 0.107. The van der Waals surface area contributed by atoms with Gasteiger partial charge in [0, 0.05) is 23.6 Å². The number of thiazole rings is 1. The standard InChI is InChI=1S/C16H17N5O8S2/c1-6(22)29-3-7-4-30-14-10(13(24)20(14)11(7)15(25)26)18-12(23)9(19-28-2)8-5-31-16(17)21(8)27/h5,10,14,17,27H,3-4H2,1-2H3,(H,18,23)(H,25,26)/t10-,14-/m1/s1. The number of β-lactam (4-membered cyclic amide) rings is 1. The second-order valence-electron chi connectivity index (χ2n) is 6.26. The number of carboxylic acids is 1. The number of fused-ring (bicyclic) bond motifs is 1. The molecule has 1 saturated heterocycles. The van der Waals surface area contributed by atoms with E-state index >= 15 is 0 Å². The molecule has 4 N–H and O–H groups in total. The SMILES string of the molecule is CON=C(C(=O)N[C@@H]1C(=O)N2C(C(=O)O)=C(COC(C)=O)CS[C@H]12)c1csc(=N)n1O. The van der Waals surface area contributed by atoms with Crippen LogP contribution in [0.25, 0.3) is 0 Å². The minimum atomic E-state index is -1.35. The zero-order valence-corrected chi connectivity index (χ0v) is 17.8. The van der Waals surface area contributed by atoms with Crippen LogP contribution >= 0.6 is 23.1 Å². The number of amides is 2. The Morgan fingerprint density at radius 3 is 2.68 bits per heavy atom. The molecule has 1 aromatic rings. The highest BCUT2D eigenvalue weighted by atomic mass is 32.2. The number of aromatic nitrogens is 1. The van der Waals surface area contributed by atoms with E-state index < -0.39 is 35.2 Å². The van der Waals surface area contributed by atoms with E-state index in [0.29, 0.717) is 4.73 Å². The third-order valence-electron chi connectivity index (χ3n) is 4.33. The quantitative estimate of drug-likeness (QED) is 0.126. The van der Waals surface area contributed by atoms with E-state index in [-0.39, 0.29) is 39.8 Å². The highest BCUT2D eigenvalue weighted by Crippen LogP contribution is 2.40. The van der Waals surface area contributed by atoms with Gasteiger partial charge in [-0.1, -0.05) is 5.16 Å².